The highest BCUT2D eigenvalue weighted by molar-refractivity contribution is 5.60. The zero-order chi connectivity index (χ0) is 11.3. The fourth-order valence-electron chi connectivity index (χ4n) is 1.34. The van der Waals surface area contributed by atoms with Crippen LogP contribution < -0.4 is 5.32 Å². The topological polar surface area (TPSA) is 48.7 Å². The predicted molar refractivity (Wildman–Crippen MR) is 60.4 cm³/mol. The van der Waals surface area contributed by atoms with Crippen LogP contribution in [-0.2, 0) is 0 Å². The molecule has 0 bridgehead atoms. The summed E-state index contributed by atoms with van der Waals surface area (Å²) in [5.41, 5.74) is 3.06. The number of anilines is 1. The molecule has 0 aromatic carbocycles. The van der Waals surface area contributed by atoms with Crippen molar-refractivity contribution in [2.45, 2.75) is 20.8 Å². The van der Waals surface area contributed by atoms with Crippen molar-refractivity contribution in [2.24, 2.45) is 0 Å². The molecule has 0 radical (unpaired) electrons. The highest BCUT2D eigenvalue weighted by atomic mass is 14.9. The number of nitrogens with zero attached hydrogens (tertiary/aromatic N) is 2. The lowest BCUT2D eigenvalue weighted by Gasteiger charge is -2.08. The second-order valence-corrected chi connectivity index (χ2v) is 3.16. The highest BCUT2D eigenvalue weighted by Gasteiger charge is 2.06. The Kier molecular flexibility index (Phi) is 3.71. The van der Waals surface area contributed by atoms with Gasteiger partial charge in [0.05, 0.1) is 23.5 Å². The number of aryl methyl sites for hydroxylation is 2. The first-order valence-corrected chi connectivity index (χ1v) is 4.71. The summed E-state index contributed by atoms with van der Waals surface area (Å²) >= 11 is 0. The van der Waals surface area contributed by atoms with Gasteiger partial charge < -0.3 is 5.32 Å². The Hall–Kier alpha value is -2.00. The number of nitrogens with one attached hydrogen (secondary N) is 1. The van der Waals surface area contributed by atoms with Gasteiger partial charge in [0, 0.05) is 5.69 Å². The van der Waals surface area contributed by atoms with E-state index in [4.69, 9.17) is 5.26 Å². The van der Waals surface area contributed by atoms with Gasteiger partial charge in [0.15, 0.2) is 0 Å². The molecular weight excluding hydrogens is 186 g/mol. The molecule has 1 aromatic rings. The number of hydrogen-bond donors (Lipinski definition) is 1. The molecule has 0 fully saturated rings. The van der Waals surface area contributed by atoms with E-state index in [0.717, 1.165) is 17.1 Å². The first-order valence-electron chi connectivity index (χ1n) is 4.71. The van der Waals surface area contributed by atoms with Crippen molar-refractivity contribution in [3.63, 3.8) is 0 Å². The van der Waals surface area contributed by atoms with E-state index >= 15 is 0 Å². The van der Waals surface area contributed by atoms with Gasteiger partial charge in [-0.2, -0.15) is 5.26 Å². The maximum Gasteiger partial charge on any atom is 0.103 e. The second kappa shape index (κ2) is 5.02. The maximum absolute atomic E-state index is 8.98. The van der Waals surface area contributed by atoms with E-state index in [-0.39, 0.29) is 0 Å². The van der Waals surface area contributed by atoms with Gasteiger partial charge in [-0.25, -0.2) is 0 Å². The molecule has 3 heteroatoms. The first-order chi connectivity index (χ1) is 7.19. The van der Waals surface area contributed by atoms with E-state index in [2.05, 4.69) is 28.2 Å². The quantitative estimate of drug-likeness (QED) is 0.741. The molecule has 0 aliphatic heterocycles. The SMILES string of the molecule is CC#CCNc1cc(C)nc(C)c1C#N. The third-order valence-electron chi connectivity index (χ3n) is 1.98. The third-order valence-corrected chi connectivity index (χ3v) is 1.98. The molecular formula is C12H13N3. The number of pyridine rings is 1. The average Bonchev–Trinajstić information content (AvgIpc) is 2.17. The molecule has 0 atom stereocenters. The Bertz CT molecular complexity index is 458. The van der Waals surface area contributed by atoms with Crippen LogP contribution in [0.2, 0.25) is 0 Å². The fourth-order valence-corrected chi connectivity index (χ4v) is 1.34. The van der Waals surface area contributed by atoms with Gasteiger partial charge in [-0.1, -0.05) is 5.92 Å². The molecule has 0 aliphatic carbocycles. The molecule has 15 heavy (non-hydrogen) atoms. The summed E-state index contributed by atoms with van der Waals surface area (Å²) < 4.78 is 0. The van der Waals surface area contributed by atoms with E-state index < -0.39 is 0 Å². The zero-order valence-corrected chi connectivity index (χ0v) is 9.18. The van der Waals surface area contributed by atoms with E-state index in [1.807, 2.05) is 19.9 Å². The van der Waals surface area contributed by atoms with Crippen molar-refractivity contribution in [3.05, 3.63) is 23.0 Å². The van der Waals surface area contributed by atoms with Crippen LogP contribution in [0.3, 0.4) is 0 Å². The van der Waals surface area contributed by atoms with E-state index in [1.54, 1.807) is 6.92 Å². The monoisotopic (exact) mass is 199 g/mol. The summed E-state index contributed by atoms with van der Waals surface area (Å²) in [7, 11) is 0. The molecule has 1 aromatic heterocycles. The Morgan fingerprint density at radius 1 is 1.47 bits per heavy atom. The summed E-state index contributed by atoms with van der Waals surface area (Å²) in [4.78, 5) is 4.23. The van der Waals surface area contributed by atoms with E-state index in [1.165, 1.54) is 0 Å². The van der Waals surface area contributed by atoms with Crippen LogP contribution in [0.5, 0.6) is 0 Å². The lowest BCUT2D eigenvalue weighted by Crippen LogP contribution is -2.04. The fraction of sp³-hybridized carbons (Fsp3) is 0.333. The van der Waals surface area contributed by atoms with Gasteiger partial charge in [0.25, 0.3) is 0 Å². The number of rotatable bonds is 2. The minimum Gasteiger partial charge on any atom is -0.373 e. The molecule has 0 aliphatic rings. The van der Waals surface area contributed by atoms with E-state index in [9.17, 15) is 0 Å². The van der Waals surface area contributed by atoms with Crippen LogP contribution in [0.15, 0.2) is 6.07 Å². The summed E-state index contributed by atoms with van der Waals surface area (Å²) in [5, 5.41) is 12.1. The molecule has 0 spiro atoms. The standard InChI is InChI=1S/C12H13N3/c1-4-5-6-14-12-7-9(2)15-10(3)11(12)8-13/h7H,6H2,1-3H3,(H,14,15). The lowest BCUT2D eigenvalue weighted by molar-refractivity contribution is 1.10. The van der Waals surface area contributed by atoms with Crippen LogP contribution in [0, 0.1) is 37.0 Å². The van der Waals surface area contributed by atoms with Crippen LogP contribution in [0.4, 0.5) is 5.69 Å². The summed E-state index contributed by atoms with van der Waals surface area (Å²) in [6, 6.07) is 4.01. The first kappa shape index (κ1) is 11.1. The normalized spacial score (nSPS) is 8.67. The van der Waals surface area contributed by atoms with Crippen molar-refractivity contribution >= 4 is 5.69 Å². The van der Waals surface area contributed by atoms with Crippen molar-refractivity contribution < 1.29 is 0 Å². The number of hydrogen-bond acceptors (Lipinski definition) is 3. The van der Waals surface area contributed by atoms with Crippen molar-refractivity contribution in [3.8, 4) is 17.9 Å². The van der Waals surface area contributed by atoms with Gasteiger partial charge in [-0.3, -0.25) is 4.98 Å². The molecule has 0 saturated carbocycles. The second-order valence-electron chi connectivity index (χ2n) is 3.16. The predicted octanol–water partition coefficient (Wildman–Crippen LogP) is 2.01. The summed E-state index contributed by atoms with van der Waals surface area (Å²) in [6.45, 7) is 6.08. The Morgan fingerprint density at radius 3 is 2.80 bits per heavy atom. The molecule has 1 N–H and O–H groups in total. The van der Waals surface area contributed by atoms with E-state index in [0.29, 0.717) is 12.1 Å². The van der Waals surface area contributed by atoms with Crippen molar-refractivity contribution in [2.75, 3.05) is 11.9 Å². The third kappa shape index (κ3) is 2.72. The van der Waals surface area contributed by atoms with Crippen molar-refractivity contribution in [1.29, 1.82) is 5.26 Å². The largest absolute Gasteiger partial charge is 0.373 e. The molecule has 0 amide bonds. The van der Waals surface area contributed by atoms with Crippen LogP contribution in [-0.4, -0.2) is 11.5 Å². The Labute approximate surface area is 90.1 Å². The molecule has 76 valence electrons. The number of aromatic nitrogens is 1. The Balaban J connectivity index is 3.03. The molecule has 1 heterocycles. The van der Waals surface area contributed by atoms with Crippen molar-refractivity contribution in [1.82, 2.24) is 4.98 Å². The molecule has 0 saturated heterocycles. The van der Waals surface area contributed by atoms with Crippen LogP contribution in [0.1, 0.15) is 23.9 Å². The molecule has 3 nitrogen and oxygen atoms in total. The van der Waals surface area contributed by atoms with Crippen LogP contribution in [0.25, 0.3) is 0 Å². The maximum atomic E-state index is 8.98. The summed E-state index contributed by atoms with van der Waals surface area (Å²) in [5.74, 6) is 5.69. The van der Waals surface area contributed by atoms with Gasteiger partial charge in [-0.05, 0) is 26.8 Å². The molecule has 0 unspecified atom stereocenters. The lowest BCUT2D eigenvalue weighted by atomic mass is 10.1. The minimum absolute atomic E-state index is 0.550. The smallest absolute Gasteiger partial charge is 0.103 e. The van der Waals surface area contributed by atoms with Gasteiger partial charge >= 0.3 is 0 Å². The Morgan fingerprint density at radius 2 is 2.20 bits per heavy atom. The highest BCUT2D eigenvalue weighted by Crippen LogP contribution is 2.17. The van der Waals surface area contributed by atoms with Gasteiger partial charge in [-0.15, -0.1) is 5.92 Å². The summed E-state index contributed by atoms with van der Waals surface area (Å²) in [6.07, 6.45) is 0. The minimum atomic E-state index is 0.550. The number of nitriles is 1. The average molecular weight is 199 g/mol. The van der Waals surface area contributed by atoms with Gasteiger partial charge in [0.1, 0.15) is 6.07 Å². The molecule has 1 rings (SSSR count). The van der Waals surface area contributed by atoms with Crippen LogP contribution >= 0.6 is 0 Å². The zero-order valence-electron chi connectivity index (χ0n) is 9.18. The van der Waals surface area contributed by atoms with Gasteiger partial charge in [0.2, 0.25) is 0 Å².